The molecule has 0 bridgehead atoms. The standard InChI is InChI=1S/C16H24O3S/c1-4-6-11-20(17,18)13-14(3)15-8-7-9-16(12-15)19-10-5-2/h5,7-9,12,14H,2,4,6,10-11,13H2,1,3H3/t14-/m0/s1. The SMILES string of the molecule is C=CCOc1cccc([C@@H](C)CS(=O)(=O)CCCC)c1. The number of unbranched alkanes of at least 4 members (excludes halogenated alkanes) is 1. The van der Waals surface area contributed by atoms with Crippen LogP contribution in [0.2, 0.25) is 0 Å². The summed E-state index contributed by atoms with van der Waals surface area (Å²) in [4.78, 5) is 0. The molecule has 0 radical (unpaired) electrons. The predicted octanol–water partition coefficient (Wildman–Crippen LogP) is 3.57. The van der Waals surface area contributed by atoms with Crippen molar-refractivity contribution >= 4 is 9.84 Å². The molecule has 112 valence electrons. The Morgan fingerprint density at radius 3 is 2.80 bits per heavy atom. The third kappa shape index (κ3) is 5.78. The molecule has 4 heteroatoms. The van der Waals surface area contributed by atoms with Gasteiger partial charge in [0.05, 0.1) is 11.5 Å². The molecule has 0 saturated heterocycles. The van der Waals surface area contributed by atoms with E-state index in [2.05, 4.69) is 6.58 Å². The topological polar surface area (TPSA) is 43.4 Å². The van der Waals surface area contributed by atoms with E-state index in [1.807, 2.05) is 38.1 Å². The van der Waals surface area contributed by atoms with Crippen molar-refractivity contribution in [1.29, 1.82) is 0 Å². The minimum Gasteiger partial charge on any atom is -0.490 e. The van der Waals surface area contributed by atoms with E-state index < -0.39 is 9.84 Å². The van der Waals surface area contributed by atoms with Gasteiger partial charge in [0.1, 0.15) is 12.4 Å². The lowest BCUT2D eigenvalue weighted by atomic mass is 10.0. The lowest BCUT2D eigenvalue weighted by Gasteiger charge is -2.14. The highest BCUT2D eigenvalue weighted by Crippen LogP contribution is 2.22. The van der Waals surface area contributed by atoms with E-state index in [0.717, 1.165) is 24.2 Å². The van der Waals surface area contributed by atoms with Crippen molar-refractivity contribution in [3.8, 4) is 5.75 Å². The molecule has 0 amide bonds. The number of ether oxygens (including phenoxy) is 1. The second kappa shape index (κ2) is 8.10. The zero-order valence-corrected chi connectivity index (χ0v) is 13.2. The van der Waals surface area contributed by atoms with Crippen LogP contribution in [0, 0.1) is 0 Å². The van der Waals surface area contributed by atoms with Crippen molar-refractivity contribution < 1.29 is 13.2 Å². The summed E-state index contributed by atoms with van der Waals surface area (Å²) in [5, 5.41) is 0. The van der Waals surface area contributed by atoms with E-state index in [1.54, 1.807) is 6.08 Å². The van der Waals surface area contributed by atoms with Gasteiger partial charge in [0.25, 0.3) is 0 Å². The Morgan fingerprint density at radius 2 is 2.15 bits per heavy atom. The summed E-state index contributed by atoms with van der Waals surface area (Å²) in [5.41, 5.74) is 0.992. The average molecular weight is 296 g/mol. The Kier molecular flexibility index (Phi) is 6.79. The summed E-state index contributed by atoms with van der Waals surface area (Å²) in [6.07, 6.45) is 3.32. The molecule has 1 rings (SSSR count). The number of sulfone groups is 1. The van der Waals surface area contributed by atoms with E-state index >= 15 is 0 Å². The van der Waals surface area contributed by atoms with Gasteiger partial charge in [-0.15, -0.1) is 0 Å². The van der Waals surface area contributed by atoms with Crippen LogP contribution in [-0.2, 0) is 9.84 Å². The summed E-state index contributed by atoms with van der Waals surface area (Å²) < 4.78 is 29.4. The first-order valence-corrected chi connectivity index (χ1v) is 8.84. The van der Waals surface area contributed by atoms with Crippen molar-refractivity contribution in [2.45, 2.75) is 32.6 Å². The molecule has 1 aromatic rings. The van der Waals surface area contributed by atoms with E-state index in [4.69, 9.17) is 4.74 Å². The van der Waals surface area contributed by atoms with E-state index in [0.29, 0.717) is 6.61 Å². The van der Waals surface area contributed by atoms with Crippen LogP contribution in [0.1, 0.15) is 38.2 Å². The monoisotopic (exact) mass is 296 g/mol. The van der Waals surface area contributed by atoms with Crippen molar-refractivity contribution in [2.24, 2.45) is 0 Å². The van der Waals surface area contributed by atoms with Gasteiger partial charge in [0, 0.05) is 0 Å². The van der Waals surface area contributed by atoms with Crippen LogP contribution in [0.15, 0.2) is 36.9 Å². The molecule has 0 N–H and O–H groups in total. The third-order valence-electron chi connectivity index (χ3n) is 3.11. The summed E-state index contributed by atoms with van der Waals surface area (Å²) in [7, 11) is -2.98. The lowest BCUT2D eigenvalue weighted by molar-refractivity contribution is 0.362. The maximum atomic E-state index is 12.0. The highest BCUT2D eigenvalue weighted by Gasteiger charge is 2.17. The van der Waals surface area contributed by atoms with Crippen molar-refractivity contribution in [3.05, 3.63) is 42.5 Å². The molecule has 0 heterocycles. The third-order valence-corrected chi connectivity index (χ3v) is 5.03. The van der Waals surface area contributed by atoms with E-state index in [9.17, 15) is 8.42 Å². The van der Waals surface area contributed by atoms with Gasteiger partial charge in [0.2, 0.25) is 0 Å². The molecule has 3 nitrogen and oxygen atoms in total. The molecular formula is C16H24O3S. The second-order valence-electron chi connectivity index (χ2n) is 5.04. The molecule has 0 saturated carbocycles. The first-order valence-electron chi connectivity index (χ1n) is 7.02. The molecule has 0 unspecified atom stereocenters. The second-order valence-corrected chi connectivity index (χ2v) is 7.27. The highest BCUT2D eigenvalue weighted by atomic mass is 32.2. The number of hydrogen-bond donors (Lipinski definition) is 0. The molecule has 0 fully saturated rings. The van der Waals surface area contributed by atoms with Crippen LogP contribution in [0.3, 0.4) is 0 Å². The van der Waals surface area contributed by atoms with Crippen LogP contribution in [0.4, 0.5) is 0 Å². The minimum absolute atomic E-state index is 0.0239. The first kappa shape index (κ1) is 16.8. The molecule has 0 spiro atoms. The molecular weight excluding hydrogens is 272 g/mol. The maximum Gasteiger partial charge on any atom is 0.150 e. The summed E-state index contributed by atoms with van der Waals surface area (Å²) in [6.45, 7) is 8.00. The largest absolute Gasteiger partial charge is 0.490 e. The predicted molar refractivity (Wildman–Crippen MR) is 84.1 cm³/mol. The molecule has 0 aliphatic rings. The summed E-state index contributed by atoms with van der Waals surface area (Å²) in [5.74, 6) is 1.20. The van der Waals surface area contributed by atoms with Gasteiger partial charge in [-0.05, 0) is 30.0 Å². The van der Waals surface area contributed by atoms with Gasteiger partial charge >= 0.3 is 0 Å². The smallest absolute Gasteiger partial charge is 0.150 e. The normalized spacial score (nSPS) is 12.9. The van der Waals surface area contributed by atoms with Crippen molar-refractivity contribution in [2.75, 3.05) is 18.1 Å². The van der Waals surface area contributed by atoms with E-state index in [1.165, 1.54) is 0 Å². The number of hydrogen-bond acceptors (Lipinski definition) is 3. The van der Waals surface area contributed by atoms with Gasteiger partial charge in [-0.1, -0.05) is 45.1 Å². The van der Waals surface area contributed by atoms with Crippen molar-refractivity contribution in [1.82, 2.24) is 0 Å². The molecule has 0 aliphatic heterocycles. The fourth-order valence-electron chi connectivity index (χ4n) is 1.99. The maximum absolute atomic E-state index is 12.0. The van der Waals surface area contributed by atoms with Gasteiger partial charge in [-0.25, -0.2) is 8.42 Å². The van der Waals surface area contributed by atoms with Crippen molar-refractivity contribution in [3.63, 3.8) is 0 Å². The van der Waals surface area contributed by atoms with Gasteiger partial charge < -0.3 is 4.74 Å². The van der Waals surface area contributed by atoms with Crippen LogP contribution in [0.25, 0.3) is 0 Å². The van der Waals surface area contributed by atoms with Crippen LogP contribution in [0.5, 0.6) is 5.75 Å². The Balaban J connectivity index is 2.71. The average Bonchev–Trinajstić information content (AvgIpc) is 2.43. The fourth-order valence-corrected chi connectivity index (χ4v) is 3.84. The van der Waals surface area contributed by atoms with Crippen LogP contribution < -0.4 is 4.74 Å². The lowest BCUT2D eigenvalue weighted by Crippen LogP contribution is -2.16. The first-order chi connectivity index (χ1) is 9.48. The molecule has 0 aromatic heterocycles. The zero-order valence-electron chi connectivity index (χ0n) is 12.3. The fraction of sp³-hybridized carbons (Fsp3) is 0.500. The Labute approximate surface area is 122 Å². The van der Waals surface area contributed by atoms with E-state index in [-0.39, 0.29) is 17.4 Å². The van der Waals surface area contributed by atoms with Crippen LogP contribution in [-0.4, -0.2) is 26.5 Å². The Bertz CT molecular complexity index is 520. The summed E-state index contributed by atoms with van der Waals surface area (Å²) >= 11 is 0. The Hall–Kier alpha value is -1.29. The molecule has 0 aliphatic carbocycles. The highest BCUT2D eigenvalue weighted by molar-refractivity contribution is 7.91. The molecule has 20 heavy (non-hydrogen) atoms. The van der Waals surface area contributed by atoms with Gasteiger partial charge in [-0.2, -0.15) is 0 Å². The van der Waals surface area contributed by atoms with Crippen LogP contribution >= 0.6 is 0 Å². The Morgan fingerprint density at radius 1 is 1.40 bits per heavy atom. The number of rotatable bonds is 9. The van der Waals surface area contributed by atoms with Gasteiger partial charge in [0.15, 0.2) is 9.84 Å². The molecule has 1 atom stereocenters. The minimum atomic E-state index is -2.98. The molecule has 1 aromatic carbocycles. The number of benzene rings is 1. The zero-order chi connectivity index (χ0) is 15.0. The quantitative estimate of drug-likeness (QED) is 0.654. The summed E-state index contributed by atoms with van der Waals surface area (Å²) in [6, 6.07) is 7.61. The van der Waals surface area contributed by atoms with Gasteiger partial charge in [-0.3, -0.25) is 0 Å².